The lowest BCUT2D eigenvalue weighted by atomic mass is 9.53. The zero-order valence-corrected chi connectivity index (χ0v) is 38.9. The van der Waals surface area contributed by atoms with E-state index in [2.05, 4.69) is 21.3 Å². The summed E-state index contributed by atoms with van der Waals surface area (Å²) in [5.74, 6) is -21.0. The van der Waals surface area contributed by atoms with Crippen LogP contribution < -0.4 is 32.7 Å². The number of rotatable bonds is 9. The number of anilines is 2. The summed E-state index contributed by atoms with van der Waals surface area (Å²) in [6.07, 6.45) is -0.156. The van der Waals surface area contributed by atoms with Gasteiger partial charge in [-0.05, 0) is 62.8 Å². The van der Waals surface area contributed by atoms with Gasteiger partial charge in [-0.25, -0.2) is 9.59 Å². The summed E-state index contributed by atoms with van der Waals surface area (Å²) in [4.78, 5) is 104. The molecule has 8 rings (SSSR count). The van der Waals surface area contributed by atoms with Crippen LogP contribution in [0.25, 0.3) is 11.5 Å². The van der Waals surface area contributed by atoms with Gasteiger partial charge in [-0.3, -0.25) is 28.8 Å². The first kappa shape index (κ1) is 50.6. The third kappa shape index (κ3) is 6.94. The number of urea groups is 2. The molecule has 24 nitrogen and oxygen atoms in total. The molecule has 72 heavy (non-hydrogen) atoms. The van der Waals surface area contributed by atoms with Gasteiger partial charge in [0.1, 0.15) is 45.7 Å². The average Bonchev–Trinajstić information content (AvgIpc) is 3.29. The van der Waals surface area contributed by atoms with Crippen molar-refractivity contribution < 1.29 is 89.4 Å². The number of amides is 6. The van der Waals surface area contributed by atoms with Crippen molar-refractivity contribution >= 4 is 69.9 Å². The van der Waals surface area contributed by atoms with Gasteiger partial charge in [0.2, 0.25) is 11.6 Å². The maximum atomic E-state index is 14.1. The van der Waals surface area contributed by atoms with Crippen molar-refractivity contribution in [3.05, 3.63) is 80.3 Å². The molecule has 18 N–H and O–H groups in total. The van der Waals surface area contributed by atoms with Gasteiger partial charge in [-0.15, -0.1) is 0 Å². The van der Waals surface area contributed by atoms with Gasteiger partial charge in [0.05, 0.1) is 33.7 Å². The summed E-state index contributed by atoms with van der Waals surface area (Å²) in [5, 5.41) is 125. The van der Waals surface area contributed by atoms with Gasteiger partial charge in [-0.2, -0.15) is 0 Å². The number of benzene rings is 2. The number of Topliss-reactive ketones (excluding diaryl/α,β-unsaturated/α-hetero) is 4. The number of unbranched alkanes of at least 4 members (excludes halogenated alkanes) is 1. The van der Waals surface area contributed by atoms with E-state index in [-0.39, 0.29) is 61.3 Å². The van der Waals surface area contributed by atoms with Crippen molar-refractivity contribution in [3.8, 4) is 11.5 Å². The van der Waals surface area contributed by atoms with Gasteiger partial charge >= 0.3 is 12.1 Å². The molecule has 0 radical (unpaired) electrons. The van der Waals surface area contributed by atoms with Gasteiger partial charge in [0.25, 0.3) is 11.8 Å². The molecule has 0 heterocycles. The highest BCUT2D eigenvalue weighted by Gasteiger charge is 2.67. The molecule has 0 aliphatic heterocycles. The first-order valence-electron chi connectivity index (χ1n) is 22.7. The number of aromatic hydroxyl groups is 2. The number of fused-ring (bicyclic) bond motifs is 6. The molecule has 2 saturated carbocycles. The van der Waals surface area contributed by atoms with Crippen LogP contribution in [0.1, 0.15) is 75.6 Å². The number of aliphatic hydroxyl groups excluding tert-OH is 4. The summed E-state index contributed by atoms with van der Waals surface area (Å²) < 4.78 is 0. The Bertz CT molecular complexity index is 2820. The summed E-state index contributed by atoms with van der Waals surface area (Å²) in [6, 6.07) is 3.31. The maximum absolute atomic E-state index is 14.1. The Balaban J connectivity index is 0.899. The molecule has 2 aromatic rings. The fourth-order valence-electron chi connectivity index (χ4n) is 11.7. The molecule has 6 amide bonds. The number of carbonyl (C=O) groups is 8. The minimum atomic E-state index is -2.90. The summed E-state index contributed by atoms with van der Waals surface area (Å²) in [7, 11) is 0. The summed E-state index contributed by atoms with van der Waals surface area (Å²) in [5.41, 5.74) is -4.15. The first-order valence-corrected chi connectivity index (χ1v) is 22.7. The standard InChI is InChI=1S/C48H52N6O18/c1-15-19-13-21-27(37(61)47(19,71)39(63)29(31(15)55)41(49)65)35(59)25-17(45(21,3)69)7-9-23(33(25)57)53-43(67)51-11-5-6-12-52-44(68)54-24-10-8-18-26(34(24)58)36(60)28-22(46(18,4)70)14-20-16(2)32(56)30(42(50)66)40(64)48(20,72)38(28)62/h7-10,15-16,19-22,57-60,63-64,69-72H,5-6,11-14H2,1-4H3,(H2,49,65)(H2,50,66)(H2,51,53,67)(H2,52,54,68)/t15-,16-,19-,20-,21-,22-,45+,46+,47-,48-/m0/s1. The Labute approximate surface area is 407 Å². The highest BCUT2D eigenvalue weighted by Crippen LogP contribution is 2.60. The van der Waals surface area contributed by atoms with Gasteiger partial charge < -0.3 is 83.8 Å². The molecule has 0 unspecified atom stereocenters. The number of ketones is 4. The minimum absolute atomic E-state index is 0.00764. The van der Waals surface area contributed by atoms with Crippen LogP contribution in [-0.4, -0.2) is 122 Å². The monoisotopic (exact) mass is 1000 g/mol. The van der Waals surface area contributed by atoms with E-state index >= 15 is 0 Å². The number of hydrogen-bond donors (Lipinski definition) is 16. The molecular formula is C48H52N6O18. The third-order valence-electron chi connectivity index (χ3n) is 15.6. The topological polar surface area (TPSA) is 439 Å². The highest BCUT2D eigenvalue weighted by atomic mass is 16.4. The van der Waals surface area contributed by atoms with Crippen LogP contribution in [0.3, 0.4) is 0 Å². The van der Waals surface area contributed by atoms with Crippen molar-refractivity contribution in [1.29, 1.82) is 0 Å². The lowest BCUT2D eigenvalue weighted by Crippen LogP contribution is -2.62. The second-order valence-corrected chi connectivity index (χ2v) is 19.5. The van der Waals surface area contributed by atoms with Crippen molar-refractivity contribution in [3.63, 3.8) is 0 Å². The fraction of sp³-hybridized carbons (Fsp3) is 0.417. The fourth-order valence-corrected chi connectivity index (χ4v) is 11.7. The smallest absolute Gasteiger partial charge is 0.319 e. The molecule has 2 fully saturated rings. The van der Waals surface area contributed by atoms with Crippen LogP contribution in [0.5, 0.6) is 11.5 Å². The summed E-state index contributed by atoms with van der Waals surface area (Å²) in [6.45, 7) is 5.22. The van der Waals surface area contributed by atoms with Crippen LogP contribution in [-0.2, 0) is 40.0 Å². The lowest BCUT2D eigenvalue weighted by molar-refractivity contribution is -0.158. The molecule has 6 aliphatic rings. The van der Waals surface area contributed by atoms with Gasteiger partial charge in [0.15, 0.2) is 22.8 Å². The van der Waals surface area contributed by atoms with Crippen LogP contribution in [0.15, 0.2) is 58.1 Å². The highest BCUT2D eigenvalue weighted by molar-refractivity contribution is 6.24. The SMILES string of the molecule is C[C@@H]1C(=O)C(C(N)=O)=C(O)[C@@]2(O)C(=O)C3=C(O)c4c(ccc(NC(=O)NCCCCNC(=O)Nc5ccc6c(c5O)C(O)=C5C(=O)[C@]7(O)C(O)=C(C(N)=O)C(=O)[C@@H](C)[C@@H]7C[C@@H]5[C@]6(C)O)c4O)[C@@](C)(O)[C@H]3C[C@@H]12. The molecule has 0 aromatic heterocycles. The quantitative estimate of drug-likeness (QED) is 0.0934. The van der Waals surface area contributed by atoms with E-state index in [9.17, 15) is 89.4 Å². The predicted molar refractivity (Wildman–Crippen MR) is 247 cm³/mol. The molecule has 0 bridgehead atoms. The molecular weight excluding hydrogens is 949 g/mol. The minimum Gasteiger partial charge on any atom is -0.508 e. The number of phenols is 2. The number of primary amides is 2. The van der Waals surface area contributed by atoms with Crippen LogP contribution in [0.4, 0.5) is 21.0 Å². The van der Waals surface area contributed by atoms with E-state index in [0.717, 1.165) is 0 Å². The Kier molecular flexibility index (Phi) is 11.9. The van der Waals surface area contributed by atoms with Crippen molar-refractivity contribution in [2.75, 3.05) is 23.7 Å². The largest absolute Gasteiger partial charge is 0.508 e. The van der Waals surface area contributed by atoms with E-state index in [1.54, 1.807) is 0 Å². The van der Waals surface area contributed by atoms with E-state index in [4.69, 9.17) is 11.5 Å². The van der Waals surface area contributed by atoms with E-state index < -0.39 is 173 Å². The third-order valence-corrected chi connectivity index (χ3v) is 15.6. The van der Waals surface area contributed by atoms with Gasteiger partial charge in [-0.1, -0.05) is 26.0 Å². The second kappa shape index (κ2) is 16.9. The maximum Gasteiger partial charge on any atom is 0.319 e. The summed E-state index contributed by atoms with van der Waals surface area (Å²) >= 11 is 0. The Morgan fingerprint density at radius 1 is 0.583 bits per heavy atom. The predicted octanol–water partition coefficient (Wildman–Crippen LogP) is 0.707. The Morgan fingerprint density at radius 3 is 1.24 bits per heavy atom. The number of nitrogens with one attached hydrogen (secondary N) is 4. The van der Waals surface area contributed by atoms with Crippen LogP contribution in [0, 0.1) is 35.5 Å². The van der Waals surface area contributed by atoms with Crippen molar-refractivity contribution in [1.82, 2.24) is 10.6 Å². The van der Waals surface area contributed by atoms with E-state index in [0.29, 0.717) is 0 Å². The Hall–Kier alpha value is -7.80. The molecule has 24 heteroatoms. The zero-order valence-electron chi connectivity index (χ0n) is 38.9. The second-order valence-electron chi connectivity index (χ2n) is 19.5. The van der Waals surface area contributed by atoms with Crippen molar-refractivity contribution in [2.24, 2.45) is 47.0 Å². The number of hydrogen-bond acceptors (Lipinski definition) is 18. The van der Waals surface area contributed by atoms with Gasteiger partial charge in [0, 0.05) is 59.7 Å². The molecule has 0 saturated heterocycles. The lowest BCUT2D eigenvalue weighted by Gasteiger charge is -2.51. The molecule has 0 spiro atoms. The number of phenolic OH excluding ortho intramolecular Hbond substituents is 2. The number of carbonyl (C=O) groups excluding carboxylic acids is 8. The Morgan fingerprint density at radius 2 is 0.917 bits per heavy atom. The molecule has 2 aromatic carbocycles. The first-order chi connectivity index (χ1) is 33.5. The average molecular weight is 1000 g/mol. The van der Waals surface area contributed by atoms with E-state index in [1.165, 1.54) is 52.0 Å². The molecule has 10 atom stereocenters. The normalized spacial score (nSPS) is 31.7. The van der Waals surface area contributed by atoms with E-state index in [1.807, 2.05) is 0 Å². The van der Waals surface area contributed by atoms with Crippen LogP contribution in [0.2, 0.25) is 0 Å². The number of nitrogens with two attached hydrogens (primary N) is 2. The zero-order chi connectivity index (χ0) is 53.2. The van der Waals surface area contributed by atoms with Crippen molar-refractivity contribution in [2.45, 2.75) is 75.8 Å². The molecule has 382 valence electrons. The number of aliphatic hydroxyl groups is 8. The molecule has 6 aliphatic carbocycles. The van der Waals surface area contributed by atoms with Crippen LogP contribution >= 0.6 is 0 Å².